The lowest BCUT2D eigenvalue weighted by molar-refractivity contribution is 1.23. The van der Waals surface area contributed by atoms with Gasteiger partial charge in [0, 0.05) is 0 Å². The Bertz CT molecular complexity index is 582. The fraction of sp³-hybridized carbons (Fsp3) is 0. The first-order chi connectivity index (χ1) is 8.29. The van der Waals surface area contributed by atoms with Crippen LogP contribution < -0.4 is 5.73 Å². The van der Waals surface area contributed by atoms with Crippen molar-refractivity contribution in [2.24, 2.45) is 10.2 Å². The Balaban J connectivity index is 2.26. The van der Waals surface area contributed by atoms with Gasteiger partial charge in [-0.25, -0.2) is 0 Å². The summed E-state index contributed by atoms with van der Waals surface area (Å²) in [6.07, 6.45) is 0. The average Bonchev–Trinajstić information content (AvgIpc) is 2.38. The van der Waals surface area contributed by atoms with E-state index in [1.54, 1.807) is 18.2 Å². The van der Waals surface area contributed by atoms with Gasteiger partial charge in [0.15, 0.2) is 0 Å². The van der Waals surface area contributed by atoms with Crippen LogP contribution in [0.2, 0.25) is 0 Å². The van der Waals surface area contributed by atoms with E-state index in [1.807, 2.05) is 36.4 Å². The number of rotatable bonds is 2. The molecule has 0 aromatic heterocycles. The lowest BCUT2D eigenvalue weighted by atomic mass is 10.2. The van der Waals surface area contributed by atoms with Gasteiger partial charge in [0.2, 0.25) is 0 Å². The lowest BCUT2D eigenvalue weighted by Gasteiger charge is -1.98. The van der Waals surface area contributed by atoms with Gasteiger partial charge in [-0.05, 0) is 30.3 Å². The van der Waals surface area contributed by atoms with Crippen molar-refractivity contribution in [3.8, 4) is 6.07 Å². The molecule has 0 unspecified atom stereocenters. The van der Waals surface area contributed by atoms with Crippen molar-refractivity contribution < 1.29 is 0 Å². The molecule has 2 N–H and O–H groups in total. The minimum absolute atomic E-state index is 0.448. The van der Waals surface area contributed by atoms with E-state index >= 15 is 0 Å². The van der Waals surface area contributed by atoms with Gasteiger partial charge in [-0.3, -0.25) is 0 Å². The summed E-state index contributed by atoms with van der Waals surface area (Å²) in [5.41, 5.74) is 8.04. The van der Waals surface area contributed by atoms with Crippen molar-refractivity contribution in [1.82, 2.24) is 0 Å². The Labute approximate surface area is 99.0 Å². The zero-order valence-electron chi connectivity index (χ0n) is 9.04. The standard InChI is InChI=1S/C13H10N4/c14-9-10-6-7-13(12(15)8-10)17-16-11-4-2-1-3-5-11/h1-8H,15H2. The third-order valence-electron chi connectivity index (χ3n) is 2.19. The van der Waals surface area contributed by atoms with Gasteiger partial charge in [0.1, 0.15) is 5.69 Å². The summed E-state index contributed by atoms with van der Waals surface area (Å²) in [5.74, 6) is 0. The molecule has 82 valence electrons. The molecule has 0 spiro atoms. The first-order valence-electron chi connectivity index (χ1n) is 5.06. The van der Waals surface area contributed by atoms with Gasteiger partial charge in [0.05, 0.1) is 23.0 Å². The molecule has 0 atom stereocenters. The molecule has 0 radical (unpaired) electrons. The maximum Gasteiger partial charge on any atom is 0.109 e. The predicted octanol–water partition coefficient (Wildman–Crippen LogP) is 3.56. The Morgan fingerprint density at radius 2 is 1.76 bits per heavy atom. The predicted molar refractivity (Wildman–Crippen MR) is 66.2 cm³/mol. The Morgan fingerprint density at radius 3 is 2.41 bits per heavy atom. The number of nitriles is 1. The summed E-state index contributed by atoms with van der Waals surface area (Å²) in [7, 11) is 0. The van der Waals surface area contributed by atoms with Crippen LogP contribution in [0.15, 0.2) is 58.8 Å². The zero-order chi connectivity index (χ0) is 12.1. The van der Waals surface area contributed by atoms with Crippen molar-refractivity contribution in [2.75, 3.05) is 5.73 Å². The van der Waals surface area contributed by atoms with E-state index in [2.05, 4.69) is 10.2 Å². The molecule has 0 bridgehead atoms. The third kappa shape index (κ3) is 2.67. The number of anilines is 1. The van der Waals surface area contributed by atoms with Crippen LogP contribution in [0.1, 0.15) is 5.56 Å². The highest BCUT2D eigenvalue weighted by Gasteiger charge is 1.99. The van der Waals surface area contributed by atoms with Crippen molar-refractivity contribution in [3.63, 3.8) is 0 Å². The Hall–Kier alpha value is -2.67. The van der Waals surface area contributed by atoms with E-state index < -0.39 is 0 Å². The quantitative estimate of drug-likeness (QED) is 0.623. The van der Waals surface area contributed by atoms with Crippen LogP contribution in [0.3, 0.4) is 0 Å². The van der Waals surface area contributed by atoms with Crippen molar-refractivity contribution in [1.29, 1.82) is 5.26 Å². The number of azo groups is 1. The van der Waals surface area contributed by atoms with E-state index in [1.165, 1.54) is 0 Å². The van der Waals surface area contributed by atoms with E-state index in [-0.39, 0.29) is 0 Å². The van der Waals surface area contributed by atoms with Crippen LogP contribution in [0.25, 0.3) is 0 Å². The number of hydrogen-bond acceptors (Lipinski definition) is 4. The van der Waals surface area contributed by atoms with Crippen LogP contribution >= 0.6 is 0 Å². The number of benzene rings is 2. The second-order valence-corrected chi connectivity index (χ2v) is 3.42. The molecule has 4 nitrogen and oxygen atoms in total. The zero-order valence-corrected chi connectivity index (χ0v) is 9.04. The fourth-order valence-electron chi connectivity index (χ4n) is 1.32. The molecule has 0 aliphatic heterocycles. The second kappa shape index (κ2) is 4.90. The molecular formula is C13H10N4. The fourth-order valence-corrected chi connectivity index (χ4v) is 1.32. The molecule has 0 amide bonds. The van der Waals surface area contributed by atoms with E-state index in [4.69, 9.17) is 11.0 Å². The molecule has 0 aliphatic carbocycles. The second-order valence-electron chi connectivity index (χ2n) is 3.42. The van der Waals surface area contributed by atoms with Gasteiger partial charge in [-0.15, -0.1) is 5.11 Å². The van der Waals surface area contributed by atoms with Crippen LogP contribution in [0, 0.1) is 11.3 Å². The highest BCUT2D eigenvalue weighted by atomic mass is 15.1. The monoisotopic (exact) mass is 222 g/mol. The number of nitrogen functional groups attached to an aromatic ring is 1. The molecule has 0 fully saturated rings. The first-order valence-corrected chi connectivity index (χ1v) is 5.06. The van der Waals surface area contributed by atoms with Crippen molar-refractivity contribution >= 4 is 17.1 Å². The normalized spacial score (nSPS) is 10.3. The molecule has 17 heavy (non-hydrogen) atoms. The van der Waals surface area contributed by atoms with E-state index in [0.717, 1.165) is 5.69 Å². The van der Waals surface area contributed by atoms with Crippen LogP contribution in [-0.2, 0) is 0 Å². The number of nitrogens with zero attached hydrogens (tertiary/aromatic N) is 3. The summed E-state index contributed by atoms with van der Waals surface area (Å²) >= 11 is 0. The highest BCUT2D eigenvalue weighted by molar-refractivity contribution is 5.64. The molecule has 0 saturated heterocycles. The van der Waals surface area contributed by atoms with Gasteiger partial charge < -0.3 is 5.73 Å². The Morgan fingerprint density at radius 1 is 1.00 bits per heavy atom. The van der Waals surface area contributed by atoms with Crippen molar-refractivity contribution in [3.05, 3.63) is 54.1 Å². The lowest BCUT2D eigenvalue weighted by Crippen LogP contribution is -1.86. The summed E-state index contributed by atoms with van der Waals surface area (Å²) in [4.78, 5) is 0. The minimum Gasteiger partial charge on any atom is -0.397 e. The van der Waals surface area contributed by atoms with E-state index in [0.29, 0.717) is 16.9 Å². The molecule has 2 aromatic rings. The van der Waals surface area contributed by atoms with Gasteiger partial charge in [-0.2, -0.15) is 10.4 Å². The SMILES string of the molecule is N#Cc1ccc(N=Nc2ccccc2)c(N)c1. The van der Waals surface area contributed by atoms with Crippen molar-refractivity contribution in [2.45, 2.75) is 0 Å². The third-order valence-corrected chi connectivity index (χ3v) is 2.19. The smallest absolute Gasteiger partial charge is 0.109 e. The minimum atomic E-state index is 0.448. The van der Waals surface area contributed by atoms with E-state index in [9.17, 15) is 0 Å². The van der Waals surface area contributed by atoms with Gasteiger partial charge in [0.25, 0.3) is 0 Å². The molecule has 4 heteroatoms. The Kier molecular flexibility index (Phi) is 3.13. The first kappa shape index (κ1) is 10.8. The topological polar surface area (TPSA) is 74.5 Å². The summed E-state index contributed by atoms with van der Waals surface area (Å²) < 4.78 is 0. The molecular weight excluding hydrogens is 212 g/mol. The molecule has 2 aromatic carbocycles. The summed E-state index contributed by atoms with van der Waals surface area (Å²) in [6.45, 7) is 0. The maximum atomic E-state index is 8.70. The molecule has 0 heterocycles. The van der Waals surface area contributed by atoms with Crippen LogP contribution in [0.4, 0.5) is 17.1 Å². The summed E-state index contributed by atoms with van der Waals surface area (Å²) in [5, 5.41) is 16.8. The molecule has 0 saturated carbocycles. The molecule has 0 aliphatic rings. The van der Waals surface area contributed by atoms with Crippen LogP contribution in [0.5, 0.6) is 0 Å². The average molecular weight is 222 g/mol. The van der Waals surface area contributed by atoms with Gasteiger partial charge in [-0.1, -0.05) is 18.2 Å². The summed E-state index contributed by atoms with van der Waals surface area (Å²) in [6, 6.07) is 16.3. The maximum absolute atomic E-state index is 8.70. The largest absolute Gasteiger partial charge is 0.397 e. The number of nitrogens with two attached hydrogens (primary N) is 1. The number of hydrogen-bond donors (Lipinski definition) is 1. The van der Waals surface area contributed by atoms with Crippen LogP contribution in [-0.4, -0.2) is 0 Å². The van der Waals surface area contributed by atoms with Gasteiger partial charge >= 0.3 is 0 Å². The molecule has 2 rings (SSSR count). The highest BCUT2D eigenvalue weighted by Crippen LogP contribution is 2.25.